The van der Waals surface area contributed by atoms with Crippen LogP contribution in [0.5, 0.6) is 0 Å². The van der Waals surface area contributed by atoms with Crippen LogP contribution < -0.4 is 11.1 Å². The fraction of sp³-hybridized carbons (Fsp3) is 0.300. The minimum atomic E-state index is -1.34. The average Bonchev–Trinajstić information content (AvgIpc) is 3.30. The van der Waals surface area contributed by atoms with E-state index in [9.17, 15) is 18.4 Å². The number of benzene rings is 1. The number of hydrogen-bond acceptors (Lipinski definition) is 5. The third-order valence-corrected chi connectivity index (χ3v) is 6.41. The smallest absolute Gasteiger partial charge is 0.243 e. The number of alkyl halides is 1. The molecule has 168 valence electrons. The molecule has 0 radical (unpaired) electrons. The highest BCUT2D eigenvalue weighted by atomic mass is 127. The summed E-state index contributed by atoms with van der Waals surface area (Å²) in [5, 5.41) is 3.15. The van der Waals surface area contributed by atoms with Crippen LogP contribution in [-0.4, -0.2) is 50.0 Å². The Balaban J connectivity index is 1.49. The first-order valence-corrected chi connectivity index (χ1v) is 11.1. The third kappa shape index (κ3) is 4.35. The number of amides is 2. The van der Waals surface area contributed by atoms with Gasteiger partial charge in [0.05, 0.1) is 17.0 Å². The summed E-state index contributed by atoms with van der Waals surface area (Å²) >= 11 is 7.83. The number of anilines is 1. The van der Waals surface area contributed by atoms with Crippen molar-refractivity contribution in [3.63, 3.8) is 0 Å². The zero-order chi connectivity index (χ0) is 23.0. The van der Waals surface area contributed by atoms with Crippen molar-refractivity contribution < 1.29 is 18.4 Å². The minimum absolute atomic E-state index is 0.0590. The SMILES string of the molecule is Nc1ncnc2c1c(I)cn2CC(=O)N1C[C@H](F)C[C@H]1C(=O)NCc1cccc(Cl)c1F. The molecule has 2 aromatic heterocycles. The second-order valence-electron chi connectivity index (χ2n) is 7.39. The fourth-order valence-corrected chi connectivity index (χ4v) is 4.80. The molecule has 1 aromatic carbocycles. The van der Waals surface area contributed by atoms with E-state index in [1.165, 1.54) is 23.4 Å². The van der Waals surface area contributed by atoms with Gasteiger partial charge in [0.1, 0.15) is 42.4 Å². The topological polar surface area (TPSA) is 106 Å². The second kappa shape index (κ2) is 9.14. The Bertz CT molecular complexity index is 1210. The number of rotatable bonds is 5. The molecule has 0 bridgehead atoms. The highest BCUT2D eigenvalue weighted by Crippen LogP contribution is 2.26. The number of carbonyl (C=O) groups is 2. The lowest BCUT2D eigenvalue weighted by atomic mass is 10.1. The number of hydrogen-bond donors (Lipinski definition) is 2. The lowest BCUT2D eigenvalue weighted by Crippen LogP contribution is -2.46. The van der Waals surface area contributed by atoms with Crippen LogP contribution in [-0.2, 0) is 22.7 Å². The van der Waals surface area contributed by atoms with Crippen LogP contribution in [0, 0.1) is 9.39 Å². The maximum Gasteiger partial charge on any atom is 0.243 e. The molecule has 4 rings (SSSR count). The van der Waals surface area contributed by atoms with Gasteiger partial charge in [-0.15, -0.1) is 0 Å². The monoisotopic (exact) mass is 574 g/mol. The normalized spacial score (nSPS) is 18.3. The van der Waals surface area contributed by atoms with Crippen molar-refractivity contribution in [2.75, 3.05) is 12.3 Å². The van der Waals surface area contributed by atoms with Crippen molar-refractivity contribution in [2.24, 2.45) is 0 Å². The van der Waals surface area contributed by atoms with E-state index in [0.717, 1.165) is 3.57 Å². The summed E-state index contributed by atoms with van der Waals surface area (Å²) in [4.78, 5) is 35.1. The maximum absolute atomic E-state index is 14.2. The Hall–Kier alpha value is -2.54. The number of carbonyl (C=O) groups excluding carboxylic acids is 2. The summed E-state index contributed by atoms with van der Waals surface area (Å²) < 4.78 is 30.6. The van der Waals surface area contributed by atoms with Gasteiger partial charge in [-0.1, -0.05) is 23.7 Å². The van der Waals surface area contributed by atoms with Gasteiger partial charge in [0.2, 0.25) is 11.8 Å². The molecule has 0 unspecified atom stereocenters. The van der Waals surface area contributed by atoms with Crippen LogP contribution in [0.3, 0.4) is 0 Å². The van der Waals surface area contributed by atoms with Crippen LogP contribution in [0.4, 0.5) is 14.6 Å². The maximum atomic E-state index is 14.2. The minimum Gasteiger partial charge on any atom is -0.383 e. The molecule has 3 heterocycles. The third-order valence-electron chi connectivity index (χ3n) is 5.30. The first-order chi connectivity index (χ1) is 15.3. The Morgan fingerprint density at radius 2 is 2.12 bits per heavy atom. The van der Waals surface area contributed by atoms with Gasteiger partial charge in [-0.05, 0) is 28.7 Å². The molecule has 32 heavy (non-hydrogen) atoms. The molecule has 2 atom stereocenters. The summed E-state index contributed by atoms with van der Waals surface area (Å²) in [6, 6.07) is 3.45. The number of nitrogen functional groups attached to an aromatic ring is 1. The average molecular weight is 575 g/mol. The Morgan fingerprint density at radius 3 is 2.91 bits per heavy atom. The number of nitrogens with one attached hydrogen (secondary N) is 1. The molecular weight excluding hydrogens is 557 g/mol. The van der Waals surface area contributed by atoms with Crippen LogP contribution >= 0.6 is 34.2 Å². The second-order valence-corrected chi connectivity index (χ2v) is 8.96. The molecule has 1 saturated heterocycles. The van der Waals surface area contributed by atoms with Crippen molar-refractivity contribution in [1.82, 2.24) is 24.8 Å². The summed E-state index contributed by atoms with van der Waals surface area (Å²) in [5.74, 6) is -1.34. The number of aromatic nitrogens is 3. The zero-order valence-corrected chi connectivity index (χ0v) is 19.5. The van der Waals surface area contributed by atoms with Gasteiger partial charge in [0, 0.05) is 28.3 Å². The first-order valence-electron chi connectivity index (χ1n) is 9.65. The van der Waals surface area contributed by atoms with E-state index in [1.807, 2.05) is 0 Å². The summed E-state index contributed by atoms with van der Waals surface area (Å²) in [7, 11) is 0. The van der Waals surface area contributed by atoms with Crippen LogP contribution in [0.2, 0.25) is 5.02 Å². The molecule has 8 nitrogen and oxygen atoms in total. The predicted molar refractivity (Wildman–Crippen MR) is 123 cm³/mol. The summed E-state index contributed by atoms with van der Waals surface area (Å²) in [6.07, 6.45) is 1.54. The van der Waals surface area contributed by atoms with Crippen molar-refractivity contribution in [3.8, 4) is 0 Å². The number of nitrogens with zero attached hydrogens (tertiary/aromatic N) is 4. The first kappa shape index (κ1) is 22.6. The van der Waals surface area contributed by atoms with Gasteiger partial charge in [-0.2, -0.15) is 0 Å². The molecule has 1 aliphatic heterocycles. The summed E-state index contributed by atoms with van der Waals surface area (Å²) in [6.45, 7) is -0.470. The van der Waals surface area contributed by atoms with E-state index >= 15 is 0 Å². The van der Waals surface area contributed by atoms with E-state index in [0.29, 0.717) is 16.9 Å². The number of halogens is 4. The molecule has 1 fully saturated rings. The summed E-state index contributed by atoms with van der Waals surface area (Å²) in [5.41, 5.74) is 6.58. The van der Waals surface area contributed by atoms with Crippen LogP contribution in [0.25, 0.3) is 11.0 Å². The van der Waals surface area contributed by atoms with E-state index in [4.69, 9.17) is 17.3 Å². The van der Waals surface area contributed by atoms with Gasteiger partial charge in [-0.3, -0.25) is 9.59 Å². The lowest BCUT2D eigenvalue weighted by molar-refractivity contribution is -0.139. The lowest BCUT2D eigenvalue weighted by Gasteiger charge is -2.24. The molecule has 3 N–H and O–H groups in total. The van der Waals surface area contributed by atoms with E-state index in [2.05, 4.69) is 37.9 Å². The zero-order valence-electron chi connectivity index (χ0n) is 16.6. The van der Waals surface area contributed by atoms with Crippen molar-refractivity contribution >= 4 is 62.9 Å². The van der Waals surface area contributed by atoms with Crippen molar-refractivity contribution in [2.45, 2.75) is 31.7 Å². The van der Waals surface area contributed by atoms with E-state index < -0.39 is 29.8 Å². The van der Waals surface area contributed by atoms with Crippen LogP contribution in [0.15, 0.2) is 30.7 Å². The molecule has 0 spiro atoms. The van der Waals surface area contributed by atoms with E-state index in [-0.39, 0.29) is 36.6 Å². The van der Waals surface area contributed by atoms with Gasteiger partial charge >= 0.3 is 0 Å². The highest BCUT2D eigenvalue weighted by Gasteiger charge is 2.39. The molecule has 2 amide bonds. The van der Waals surface area contributed by atoms with Gasteiger partial charge in [0.15, 0.2) is 0 Å². The molecule has 3 aromatic rings. The standard InChI is InChI=1S/C20H18ClF2IN6O2/c21-12-3-1-2-10(17(12)23)5-26-20(32)14-4-11(22)6-30(14)15(31)8-29-7-13(24)16-18(25)27-9-28-19(16)29/h1-3,7,9,11,14H,4-6,8H2,(H,26,32)(H2,25,27,28)/t11-,14+/m1/s1. The quantitative estimate of drug-likeness (QED) is 0.456. The molecule has 0 saturated carbocycles. The van der Waals surface area contributed by atoms with Crippen molar-refractivity contribution in [1.29, 1.82) is 0 Å². The van der Waals surface area contributed by atoms with Crippen LogP contribution in [0.1, 0.15) is 12.0 Å². The highest BCUT2D eigenvalue weighted by molar-refractivity contribution is 14.1. The largest absolute Gasteiger partial charge is 0.383 e. The Kier molecular flexibility index (Phi) is 6.47. The molecule has 1 aliphatic rings. The Labute approximate surface area is 200 Å². The number of nitrogens with two attached hydrogens (primary N) is 1. The number of fused-ring (bicyclic) bond motifs is 1. The molecule has 12 heteroatoms. The van der Waals surface area contributed by atoms with E-state index in [1.54, 1.807) is 16.8 Å². The molecular formula is C20H18ClF2IN6O2. The number of likely N-dealkylation sites (tertiary alicyclic amines) is 1. The Morgan fingerprint density at radius 1 is 1.34 bits per heavy atom. The fourth-order valence-electron chi connectivity index (χ4n) is 3.75. The van der Waals surface area contributed by atoms with Gasteiger partial charge in [0.25, 0.3) is 0 Å². The van der Waals surface area contributed by atoms with Gasteiger partial charge in [-0.25, -0.2) is 18.7 Å². The molecule has 0 aliphatic carbocycles. The van der Waals surface area contributed by atoms with Gasteiger partial charge < -0.3 is 20.5 Å². The van der Waals surface area contributed by atoms with Crippen molar-refractivity contribution in [3.05, 3.63) is 50.7 Å². The predicted octanol–water partition coefficient (Wildman–Crippen LogP) is 2.67.